The number of benzene rings is 1. The molecule has 0 unspecified atom stereocenters. The molecule has 1 heterocycles. The molecular weight excluding hydrogens is 267 g/mol. The fourth-order valence-electron chi connectivity index (χ4n) is 1.77. The Balaban J connectivity index is 2.12. The zero-order valence-corrected chi connectivity index (χ0v) is 12.9. The lowest BCUT2D eigenvalue weighted by atomic mass is 10.1. The van der Waals surface area contributed by atoms with E-state index in [2.05, 4.69) is 31.1 Å². The lowest BCUT2D eigenvalue weighted by Crippen LogP contribution is -2.35. The first-order valence-corrected chi connectivity index (χ1v) is 6.98. The molecule has 4 heteroatoms. The molecule has 1 aromatic heterocycles. The molecule has 0 saturated carbocycles. The van der Waals surface area contributed by atoms with E-state index >= 15 is 0 Å². The number of pyridine rings is 1. The first kappa shape index (κ1) is 15.4. The van der Waals surface area contributed by atoms with Crippen molar-refractivity contribution < 1.29 is 9.13 Å². The van der Waals surface area contributed by atoms with E-state index in [-0.39, 0.29) is 17.1 Å². The van der Waals surface area contributed by atoms with E-state index in [0.29, 0.717) is 12.4 Å². The van der Waals surface area contributed by atoms with Gasteiger partial charge in [0.15, 0.2) is 11.6 Å². The molecule has 1 aromatic carbocycles. The zero-order chi connectivity index (χ0) is 15.5. The normalized spacial score (nSPS) is 11.5. The van der Waals surface area contributed by atoms with Crippen molar-refractivity contribution in [3.05, 3.63) is 53.5 Å². The summed E-state index contributed by atoms with van der Waals surface area (Å²) in [5, 5.41) is 3.36. The molecule has 2 aromatic rings. The number of halogens is 1. The van der Waals surface area contributed by atoms with Gasteiger partial charge in [0.2, 0.25) is 5.88 Å². The number of nitrogens with zero attached hydrogens (tertiary/aromatic N) is 1. The molecule has 0 amide bonds. The van der Waals surface area contributed by atoms with Crippen LogP contribution in [-0.2, 0) is 6.54 Å². The van der Waals surface area contributed by atoms with Crippen LogP contribution in [-0.4, -0.2) is 10.5 Å². The van der Waals surface area contributed by atoms with E-state index < -0.39 is 0 Å². The summed E-state index contributed by atoms with van der Waals surface area (Å²) < 4.78 is 19.2. The van der Waals surface area contributed by atoms with Crippen LogP contribution in [0.1, 0.15) is 32.0 Å². The summed E-state index contributed by atoms with van der Waals surface area (Å²) in [6.45, 7) is 8.81. The molecule has 0 aliphatic rings. The Hall–Kier alpha value is -1.94. The van der Waals surface area contributed by atoms with Gasteiger partial charge in [0, 0.05) is 18.2 Å². The molecular formula is C17H21FN2O. The zero-order valence-electron chi connectivity index (χ0n) is 12.9. The van der Waals surface area contributed by atoms with Gasteiger partial charge in [-0.2, -0.15) is 0 Å². The van der Waals surface area contributed by atoms with Crippen molar-refractivity contribution in [2.45, 2.75) is 39.8 Å². The highest BCUT2D eigenvalue weighted by Crippen LogP contribution is 2.24. The molecule has 0 spiro atoms. The number of rotatable bonds is 4. The molecule has 0 aliphatic carbocycles. The highest BCUT2D eigenvalue weighted by molar-refractivity contribution is 5.32. The third-order valence-electron chi connectivity index (χ3n) is 2.88. The second-order valence-electron chi connectivity index (χ2n) is 6.11. The van der Waals surface area contributed by atoms with E-state index in [9.17, 15) is 4.39 Å². The fourth-order valence-corrected chi connectivity index (χ4v) is 1.77. The number of nitrogens with one attached hydrogen (secondary N) is 1. The monoisotopic (exact) mass is 288 g/mol. The Labute approximate surface area is 125 Å². The van der Waals surface area contributed by atoms with Crippen LogP contribution in [0, 0.1) is 12.7 Å². The highest BCUT2D eigenvalue weighted by Gasteiger charge is 2.10. The number of aromatic nitrogens is 1. The van der Waals surface area contributed by atoms with Crippen LogP contribution in [0.25, 0.3) is 0 Å². The highest BCUT2D eigenvalue weighted by atomic mass is 19.1. The van der Waals surface area contributed by atoms with Crippen molar-refractivity contribution in [3.63, 3.8) is 0 Å². The van der Waals surface area contributed by atoms with Gasteiger partial charge in [-0.3, -0.25) is 0 Å². The van der Waals surface area contributed by atoms with Crippen LogP contribution in [0.4, 0.5) is 4.39 Å². The molecule has 0 saturated heterocycles. The smallest absolute Gasteiger partial charge is 0.219 e. The van der Waals surface area contributed by atoms with Gasteiger partial charge in [-0.25, -0.2) is 9.37 Å². The predicted octanol–water partition coefficient (Wildman–Crippen LogP) is 4.21. The standard InChI is InChI=1S/C17H21FN2O/c1-12-8-9-14(18)15(10-12)21-16-7-5-6-13(20-16)11-19-17(2,3)4/h5-10,19H,11H2,1-4H3. The third kappa shape index (κ3) is 4.83. The molecule has 0 radical (unpaired) electrons. The van der Waals surface area contributed by atoms with Crippen molar-refractivity contribution >= 4 is 0 Å². The summed E-state index contributed by atoms with van der Waals surface area (Å²) in [7, 11) is 0. The molecule has 21 heavy (non-hydrogen) atoms. The van der Waals surface area contributed by atoms with Gasteiger partial charge in [-0.1, -0.05) is 12.1 Å². The minimum absolute atomic E-state index is 0.0151. The summed E-state index contributed by atoms with van der Waals surface area (Å²) in [6.07, 6.45) is 0. The molecule has 1 N–H and O–H groups in total. The van der Waals surface area contributed by atoms with E-state index in [1.165, 1.54) is 6.07 Å². The van der Waals surface area contributed by atoms with Gasteiger partial charge in [0.05, 0.1) is 5.69 Å². The van der Waals surface area contributed by atoms with Crippen LogP contribution >= 0.6 is 0 Å². The van der Waals surface area contributed by atoms with Gasteiger partial charge >= 0.3 is 0 Å². The number of aryl methyl sites for hydroxylation is 1. The van der Waals surface area contributed by atoms with Gasteiger partial charge in [0.25, 0.3) is 0 Å². The molecule has 112 valence electrons. The first-order chi connectivity index (χ1) is 9.83. The van der Waals surface area contributed by atoms with Crippen molar-refractivity contribution in [2.24, 2.45) is 0 Å². The Morgan fingerprint density at radius 1 is 1.19 bits per heavy atom. The van der Waals surface area contributed by atoms with Crippen LogP contribution < -0.4 is 10.1 Å². The van der Waals surface area contributed by atoms with E-state index in [4.69, 9.17) is 4.74 Å². The third-order valence-corrected chi connectivity index (χ3v) is 2.88. The molecule has 2 rings (SSSR count). The maximum atomic E-state index is 13.7. The van der Waals surface area contributed by atoms with E-state index in [1.54, 1.807) is 18.2 Å². The average Bonchev–Trinajstić information content (AvgIpc) is 2.40. The number of hydrogen-bond donors (Lipinski definition) is 1. The van der Waals surface area contributed by atoms with Crippen molar-refractivity contribution in [1.29, 1.82) is 0 Å². The minimum atomic E-state index is -0.388. The molecule has 0 bridgehead atoms. The topological polar surface area (TPSA) is 34.1 Å². The quantitative estimate of drug-likeness (QED) is 0.915. The lowest BCUT2D eigenvalue weighted by Gasteiger charge is -2.20. The largest absolute Gasteiger partial charge is 0.436 e. The SMILES string of the molecule is Cc1ccc(F)c(Oc2cccc(CNC(C)(C)C)n2)c1. The molecule has 0 aliphatic heterocycles. The van der Waals surface area contributed by atoms with Gasteiger partial charge in [0.1, 0.15) is 0 Å². The molecule has 3 nitrogen and oxygen atoms in total. The van der Waals surface area contributed by atoms with Gasteiger partial charge < -0.3 is 10.1 Å². The second-order valence-corrected chi connectivity index (χ2v) is 6.11. The Morgan fingerprint density at radius 2 is 1.95 bits per heavy atom. The fraction of sp³-hybridized carbons (Fsp3) is 0.353. The first-order valence-electron chi connectivity index (χ1n) is 6.98. The summed E-state index contributed by atoms with van der Waals surface area (Å²) in [5.74, 6) is 0.205. The predicted molar refractivity (Wildman–Crippen MR) is 82.0 cm³/mol. The van der Waals surface area contributed by atoms with E-state index in [1.807, 2.05) is 19.1 Å². The Bertz CT molecular complexity index is 620. The Kier molecular flexibility index (Phi) is 4.58. The van der Waals surface area contributed by atoms with Crippen LogP contribution in [0.5, 0.6) is 11.6 Å². The summed E-state index contributed by atoms with van der Waals surface area (Å²) >= 11 is 0. The van der Waals surface area contributed by atoms with Crippen molar-refractivity contribution in [2.75, 3.05) is 0 Å². The average molecular weight is 288 g/mol. The Morgan fingerprint density at radius 3 is 2.67 bits per heavy atom. The van der Waals surface area contributed by atoms with Crippen LogP contribution in [0.15, 0.2) is 36.4 Å². The lowest BCUT2D eigenvalue weighted by molar-refractivity contribution is 0.409. The molecule has 0 fully saturated rings. The van der Waals surface area contributed by atoms with Gasteiger partial charge in [-0.15, -0.1) is 0 Å². The maximum absolute atomic E-state index is 13.7. The van der Waals surface area contributed by atoms with Crippen LogP contribution in [0.3, 0.4) is 0 Å². The van der Waals surface area contributed by atoms with E-state index in [0.717, 1.165) is 11.3 Å². The number of ether oxygens (including phenoxy) is 1. The van der Waals surface area contributed by atoms with Gasteiger partial charge in [-0.05, 0) is 51.5 Å². The minimum Gasteiger partial charge on any atom is -0.436 e. The summed E-state index contributed by atoms with van der Waals surface area (Å²) in [4.78, 5) is 4.39. The second kappa shape index (κ2) is 6.22. The maximum Gasteiger partial charge on any atom is 0.219 e. The van der Waals surface area contributed by atoms with Crippen molar-refractivity contribution in [1.82, 2.24) is 10.3 Å². The summed E-state index contributed by atoms with van der Waals surface area (Å²) in [6, 6.07) is 10.3. The summed E-state index contributed by atoms with van der Waals surface area (Å²) in [5.41, 5.74) is 1.81. The van der Waals surface area contributed by atoms with Crippen molar-refractivity contribution in [3.8, 4) is 11.6 Å². The number of hydrogen-bond acceptors (Lipinski definition) is 3. The molecule has 0 atom stereocenters. The van der Waals surface area contributed by atoms with Crippen LogP contribution in [0.2, 0.25) is 0 Å².